The molecule has 1 aromatic rings. The van der Waals surface area contributed by atoms with Crippen LogP contribution in [0.5, 0.6) is 0 Å². The van der Waals surface area contributed by atoms with Crippen molar-refractivity contribution in [3.8, 4) is 0 Å². The SMILES string of the molecule is CCN(CC)c1nc(N)c(C(=O)NCCOC(C)C)s1. The number of aromatic nitrogens is 1. The average molecular weight is 300 g/mol. The molecule has 1 heterocycles. The summed E-state index contributed by atoms with van der Waals surface area (Å²) in [4.78, 5) is 18.8. The fourth-order valence-corrected chi connectivity index (χ4v) is 2.68. The number of nitrogens with two attached hydrogens (primary N) is 1. The zero-order valence-electron chi connectivity index (χ0n) is 12.6. The zero-order chi connectivity index (χ0) is 15.1. The van der Waals surface area contributed by atoms with Crippen LogP contribution in [0.3, 0.4) is 0 Å². The zero-order valence-corrected chi connectivity index (χ0v) is 13.4. The summed E-state index contributed by atoms with van der Waals surface area (Å²) in [5, 5.41) is 3.58. The summed E-state index contributed by atoms with van der Waals surface area (Å²) in [7, 11) is 0. The summed E-state index contributed by atoms with van der Waals surface area (Å²) in [6, 6.07) is 0. The van der Waals surface area contributed by atoms with Gasteiger partial charge in [-0.15, -0.1) is 0 Å². The van der Waals surface area contributed by atoms with Gasteiger partial charge in [-0.3, -0.25) is 4.79 Å². The Labute approximate surface area is 124 Å². The van der Waals surface area contributed by atoms with E-state index in [9.17, 15) is 4.79 Å². The molecule has 0 saturated heterocycles. The van der Waals surface area contributed by atoms with E-state index >= 15 is 0 Å². The first kappa shape index (κ1) is 16.7. The molecule has 6 nitrogen and oxygen atoms in total. The van der Waals surface area contributed by atoms with Crippen LogP contribution in [0.1, 0.15) is 37.4 Å². The highest BCUT2D eigenvalue weighted by molar-refractivity contribution is 7.18. The molecule has 0 aliphatic rings. The van der Waals surface area contributed by atoms with Gasteiger partial charge in [-0.2, -0.15) is 0 Å². The number of carbonyl (C=O) groups is 1. The Bertz CT molecular complexity index is 430. The predicted molar refractivity (Wildman–Crippen MR) is 83.5 cm³/mol. The fraction of sp³-hybridized carbons (Fsp3) is 0.692. The van der Waals surface area contributed by atoms with Crippen molar-refractivity contribution in [1.82, 2.24) is 10.3 Å². The first-order valence-electron chi connectivity index (χ1n) is 6.90. The maximum atomic E-state index is 12.0. The first-order valence-corrected chi connectivity index (χ1v) is 7.72. The summed E-state index contributed by atoms with van der Waals surface area (Å²) >= 11 is 1.33. The lowest BCUT2D eigenvalue weighted by Crippen LogP contribution is -2.28. The van der Waals surface area contributed by atoms with E-state index in [4.69, 9.17) is 10.5 Å². The van der Waals surface area contributed by atoms with E-state index < -0.39 is 0 Å². The van der Waals surface area contributed by atoms with Crippen LogP contribution in [0.4, 0.5) is 10.9 Å². The molecule has 3 N–H and O–H groups in total. The molecule has 1 rings (SSSR count). The van der Waals surface area contributed by atoms with E-state index in [1.807, 2.05) is 27.7 Å². The number of nitrogens with one attached hydrogen (secondary N) is 1. The molecule has 20 heavy (non-hydrogen) atoms. The van der Waals surface area contributed by atoms with Crippen molar-refractivity contribution < 1.29 is 9.53 Å². The van der Waals surface area contributed by atoms with E-state index in [2.05, 4.69) is 15.2 Å². The smallest absolute Gasteiger partial charge is 0.265 e. The number of ether oxygens (including phenoxy) is 1. The number of nitrogens with zero attached hydrogens (tertiary/aromatic N) is 2. The highest BCUT2D eigenvalue weighted by atomic mass is 32.1. The second-order valence-electron chi connectivity index (χ2n) is 4.56. The van der Waals surface area contributed by atoms with Crippen LogP contribution >= 0.6 is 11.3 Å². The van der Waals surface area contributed by atoms with Crippen molar-refractivity contribution in [1.29, 1.82) is 0 Å². The Balaban J connectivity index is 2.60. The minimum atomic E-state index is -0.189. The van der Waals surface area contributed by atoms with Crippen LogP contribution in [0, 0.1) is 0 Å². The molecule has 0 aromatic carbocycles. The van der Waals surface area contributed by atoms with Crippen molar-refractivity contribution in [2.75, 3.05) is 36.9 Å². The molecule has 0 bridgehead atoms. The van der Waals surface area contributed by atoms with Gasteiger partial charge in [-0.25, -0.2) is 4.98 Å². The van der Waals surface area contributed by atoms with Crippen LogP contribution in [-0.4, -0.2) is 43.2 Å². The molecule has 0 radical (unpaired) electrons. The monoisotopic (exact) mass is 300 g/mol. The van der Waals surface area contributed by atoms with Crippen LogP contribution in [0.25, 0.3) is 0 Å². The van der Waals surface area contributed by atoms with Crippen LogP contribution in [0.2, 0.25) is 0 Å². The Hall–Kier alpha value is -1.34. The number of amides is 1. The molecule has 0 aliphatic heterocycles. The number of carbonyl (C=O) groups excluding carboxylic acids is 1. The van der Waals surface area contributed by atoms with Gasteiger partial charge in [-0.05, 0) is 27.7 Å². The Morgan fingerprint density at radius 1 is 1.45 bits per heavy atom. The minimum absolute atomic E-state index is 0.162. The van der Waals surface area contributed by atoms with Gasteiger partial charge >= 0.3 is 0 Å². The average Bonchev–Trinajstić information content (AvgIpc) is 2.78. The molecule has 0 fully saturated rings. The molecule has 0 unspecified atom stereocenters. The number of thiazole rings is 1. The van der Waals surface area contributed by atoms with Crippen molar-refractivity contribution in [3.63, 3.8) is 0 Å². The highest BCUT2D eigenvalue weighted by Gasteiger charge is 2.18. The maximum Gasteiger partial charge on any atom is 0.265 e. The Morgan fingerprint density at radius 2 is 2.10 bits per heavy atom. The molecule has 0 atom stereocenters. The molecule has 114 valence electrons. The van der Waals surface area contributed by atoms with Crippen molar-refractivity contribution in [2.24, 2.45) is 0 Å². The molecule has 1 amide bonds. The van der Waals surface area contributed by atoms with Gasteiger partial charge in [0.1, 0.15) is 10.7 Å². The Kier molecular flexibility index (Phi) is 6.74. The van der Waals surface area contributed by atoms with E-state index in [-0.39, 0.29) is 12.0 Å². The lowest BCUT2D eigenvalue weighted by atomic mass is 10.4. The molecule has 0 saturated carbocycles. The Morgan fingerprint density at radius 3 is 2.65 bits per heavy atom. The molecule has 1 aromatic heterocycles. The predicted octanol–water partition coefficient (Wildman–Crippen LogP) is 1.73. The number of hydrogen-bond acceptors (Lipinski definition) is 6. The quantitative estimate of drug-likeness (QED) is 0.715. The number of nitrogen functional groups attached to an aromatic ring is 1. The largest absolute Gasteiger partial charge is 0.382 e. The van der Waals surface area contributed by atoms with Crippen LogP contribution in [-0.2, 0) is 4.74 Å². The molecular weight excluding hydrogens is 276 g/mol. The first-order chi connectivity index (χ1) is 9.49. The van der Waals surface area contributed by atoms with Gasteiger partial charge in [0.25, 0.3) is 5.91 Å². The number of hydrogen-bond donors (Lipinski definition) is 2. The van der Waals surface area contributed by atoms with Gasteiger partial charge in [0, 0.05) is 19.6 Å². The third-order valence-corrected chi connectivity index (χ3v) is 3.85. The maximum absolute atomic E-state index is 12.0. The van der Waals surface area contributed by atoms with Crippen LogP contribution in [0.15, 0.2) is 0 Å². The minimum Gasteiger partial charge on any atom is -0.382 e. The molecule has 0 aliphatic carbocycles. The fourth-order valence-electron chi connectivity index (χ4n) is 1.65. The standard InChI is InChI=1S/C13H24N4O2S/c1-5-17(6-2)13-16-11(14)10(20-13)12(18)15-7-8-19-9(3)4/h9H,5-8,14H2,1-4H3,(H,15,18). The van der Waals surface area contributed by atoms with Crippen LogP contribution < -0.4 is 16.0 Å². The van der Waals surface area contributed by atoms with Gasteiger partial charge < -0.3 is 20.7 Å². The summed E-state index contributed by atoms with van der Waals surface area (Å²) in [6.07, 6.45) is 0.162. The molecule has 7 heteroatoms. The van der Waals surface area contributed by atoms with Crippen molar-refractivity contribution in [2.45, 2.75) is 33.8 Å². The van der Waals surface area contributed by atoms with Gasteiger partial charge in [0.15, 0.2) is 5.13 Å². The molecule has 0 spiro atoms. The number of rotatable bonds is 8. The molecular formula is C13H24N4O2S. The third kappa shape index (κ3) is 4.64. The van der Waals surface area contributed by atoms with E-state index in [0.717, 1.165) is 18.2 Å². The van der Waals surface area contributed by atoms with Gasteiger partial charge in [-0.1, -0.05) is 11.3 Å². The summed E-state index contributed by atoms with van der Waals surface area (Å²) in [6.45, 7) is 10.6. The summed E-state index contributed by atoms with van der Waals surface area (Å²) < 4.78 is 5.37. The van der Waals surface area contributed by atoms with Crippen molar-refractivity contribution >= 4 is 28.2 Å². The normalized spacial score (nSPS) is 10.8. The highest BCUT2D eigenvalue weighted by Crippen LogP contribution is 2.27. The topological polar surface area (TPSA) is 80.5 Å². The number of anilines is 2. The van der Waals surface area contributed by atoms with E-state index in [1.54, 1.807) is 0 Å². The summed E-state index contributed by atoms with van der Waals surface area (Å²) in [5.74, 6) is 0.102. The lowest BCUT2D eigenvalue weighted by Gasteiger charge is -2.16. The second-order valence-corrected chi connectivity index (χ2v) is 5.54. The van der Waals surface area contributed by atoms with E-state index in [1.165, 1.54) is 11.3 Å². The van der Waals surface area contributed by atoms with E-state index in [0.29, 0.717) is 23.8 Å². The summed E-state index contributed by atoms with van der Waals surface area (Å²) in [5.41, 5.74) is 5.82. The second kappa shape index (κ2) is 8.06. The third-order valence-electron chi connectivity index (χ3n) is 2.72. The van der Waals surface area contributed by atoms with Gasteiger partial charge in [0.2, 0.25) is 0 Å². The van der Waals surface area contributed by atoms with Crippen molar-refractivity contribution in [3.05, 3.63) is 4.88 Å². The lowest BCUT2D eigenvalue weighted by molar-refractivity contribution is 0.0748. The van der Waals surface area contributed by atoms with Gasteiger partial charge in [0.05, 0.1) is 12.7 Å².